The van der Waals surface area contributed by atoms with E-state index in [0.717, 1.165) is 31.6 Å². The van der Waals surface area contributed by atoms with E-state index in [-0.39, 0.29) is 11.9 Å². The van der Waals surface area contributed by atoms with Gasteiger partial charge in [0.2, 0.25) is 0 Å². The number of likely N-dealkylation sites (tertiary alicyclic amines) is 1. The number of nitrogens with zero attached hydrogens (tertiary/aromatic N) is 4. The molecule has 0 bridgehead atoms. The summed E-state index contributed by atoms with van der Waals surface area (Å²) in [5.74, 6) is 0.805. The van der Waals surface area contributed by atoms with Crippen molar-refractivity contribution >= 4 is 5.91 Å². The Morgan fingerprint density at radius 3 is 3.13 bits per heavy atom. The van der Waals surface area contributed by atoms with E-state index in [4.69, 9.17) is 4.74 Å². The van der Waals surface area contributed by atoms with Gasteiger partial charge in [0, 0.05) is 18.7 Å². The summed E-state index contributed by atoms with van der Waals surface area (Å²) in [5.41, 5.74) is 0.679. The molecule has 6 nitrogen and oxygen atoms in total. The molecule has 0 saturated carbocycles. The van der Waals surface area contributed by atoms with E-state index >= 15 is 0 Å². The van der Waals surface area contributed by atoms with E-state index < -0.39 is 0 Å². The van der Waals surface area contributed by atoms with Gasteiger partial charge < -0.3 is 9.64 Å². The van der Waals surface area contributed by atoms with Crippen LogP contribution in [0, 0.1) is 0 Å². The lowest BCUT2D eigenvalue weighted by molar-refractivity contribution is 0.0672. The van der Waals surface area contributed by atoms with Crippen LogP contribution in [0.5, 0.6) is 5.75 Å². The molecular weight excluding hydrogens is 292 g/mol. The van der Waals surface area contributed by atoms with Crippen molar-refractivity contribution in [1.29, 1.82) is 0 Å². The van der Waals surface area contributed by atoms with E-state index in [9.17, 15) is 4.79 Å². The molecule has 1 fully saturated rings. The third kappa shape index (κ3) is 3.70. The number of benzene rings is 1. The number of carbonyl (C=O) groups is 1. The highest BCUT2D eigenvalue weighted by atomic mass is 16.5. The van der Waals surface area contributed by atoms with Crippen LogP contribution in [-0.4, -0.2) is 45.3 Å². The number of ether oxygens (including phenoxy) is 1. The van der Waals surface area contributed by atoms with E-state index in [2.05, 4.69) is 17.0 Å². The quantitative estimate of drug-likeness (QED) is 0.851. The first-order valence-electron chi connectivity index (χ1n) is 8.14. The minimum absolute atomic E-state index is 0.0526. The van der Waals surface area contributed by atoms with Crippen LogP contribution in [0.15, 0.2) is 36.9 Å². The minimum atomic E-state index is 0.0526. The second kappa shape index (κ2) is 7.26. The lowest BCUT2D eigenvalue weighted by Gasteiger charge is -2.32. The summed E-state index contributed by atoms with van der Waals surface area (Å²) in [6.45, 7) is 4.18. The number of aromatic nitrogens is 3. The molecule has 1 aliphatic heterocycles. The summed E-state index contributed by atoms with van der Waals surface area (Å²) in [5, 5.41) is 4.20. The average Bonchev–Trinajstić information content (AvgIpc) is 3.14. The zero-order valence-corrected chi connectivity index (χ0v) is 13.4. The molecule has 3 rings (SSSR count). The van der Waals surface area contributed by atoms with Crippen molar-refractivity contribution in [3.05, 3.63) is 42.5 Å². The first kappa shape index (κ1) is 15.5. The predicted octanol–water partition coefficient (Wildman–Crippen LogP) is 2.54. The van der Waals surface area contributed by atoms with Crippen molar-refractivity contribution in [2.75, 3.05) is 19.7 Å². The fourth-order valence-corrected chi connectivity index (χ4v) is 2.88. The van der Waals surface area contributed by atoms with Crippen molar-refractivity contribution < 1.29 is 9.53 Å². The normalized spacial score (nSPS) is 18.0. The van der Waals surface area contributed by atoms with Crippen LogP contribution in [0.4, 0.5) is 0 Å². The molecule has 0 radical (unpaired) electrons. The van der Waals surface area contributed by atoms with E-state index in [1.165, 1.54) is 6.33 Å². The summed E-state index contributed by atoms with van der Waals surface area (Å²) < 4.78 is 7.47. The Bertz CT molecular complexity index is 642. The number of hydrogen-bond donors (Lipinski definition) is 0. The Balaban J connectivity index is 1.69. The molecular formula is C17H22N4O2. The fourth-order valence-electron chi connectivity index (χ4n) is 2.88. The zero-order valence-electron chi connectivity index (χ0n) is 13.4. The van der Waals surface area contributed by atoms with Gasteiger partial charge in [0.05, 0.1) is 12.6 Å². The molecule has 1 aliphatic rings. The highest BCUT2D eigenvalue weighted by Crippen LogP contribution is 2.23. The van der Waals surface area contributed by atoms with Crippen LogP contribution in [0.3, 0.4) is 0 Å². The molecule has 0 aliphatic carbocycles. The van der Waals surface area contributed by atoms with Crippen LogP contribution in [0.2, 0.25) is 0 Å². The first-order chi connectivity index (χ1) is 11.3. The number of rotatable bonds is 5. The Hall–Kier alpha value is -2.37. The summed E-state index contributed by atoms with van der Waals surface area (Å²) in [7, 11) is 0. The Morgan fingerprint density at radius 1 is 1.43 bits per heavy atom. The SMILES string of the molecule is CCCOc1cccc(C(=O)N2CCC[C@@H](n3cncn3)C2)c1. The Labute approximate surface area is 136 Å². The molecule has 23 heavy (non-hydrogen) atoms. The lowest BCUT2D eigenvalue weighted by Crippen LogP contribution is -2.40. The smallest absolute Gasteiger partial charge is 0.254 e. The highest BCUT2D eigenvalue weighted by molar-refractivity contribution is 5.94. The van der Waals surface area contributed by atoms with Gasteiger partial charge in [-0.05, 0) is 37.5 Å². The topological polar surface area (TPSA) is 60.2 Å². The van der Waals surface area contributed by atoms with Gasteiger partial charge in [0.1, 0.15) is 18.4 Å². The van der Waals surface area contributed by atoms with Gasteiger partial charge in [0.25, 0.3) is 5.91 Å². The minimum Gasteiger partial charge on any atom is -0.494 e. The third-order valence-corrected chi connectivity index (χ3v) is 4.05. The molecule has 6 heteroatoms. The molecule has 1 saturated heterocycles. The summed E-state index contributed by atoms with van der Waals surface area (Å²) in [6.07, 6.45) is 6.20. The van der Waals surface area contributed by atoms with Gasteiger partial charge in [-0.1, -0.05) is 13.0 Å². The van der Waals surface area contributed by atoms with Crippen molar-refractivity contribution in [2.24, 2.45) is 0 Å². The van der Waals surface area contributed by atoms with Crippen molar-refractivity contribution in [2.45, 2.75) is 32.2 Å². The maximum absolute atomic E-state index is 12.8. The van der Waals surface area contributed by atoms with Crippen molar-refractivity contribution in [1.82, 2.24) is 19.7 Å². The fraction of sp³-hybridized carbons (Fsp3) is 0.471. The largest absolute Gasteiger partial charge is 0.494 e. The molecule has 2 heterocycles. The van der Waals surface area contributed by atoms with Gasteiger partial charge in [-0.2, -0.15) is 5.10 Å². The van der Waals surface area contributed by atoms with E-state index in [0.29, 0.717) is 18.7 Å². The maximum atomic E-state index is 12.8. The number of piperidine rings is 1. The number of carbonyl (C=O) groups excluding carboxylic acids is 1. The second-order valence-corrected chi connectivity index (χ2v) is 5.80. The molecule has 1 atom stereocenters. The molecule has 0 unspecified atom stereocenters. The second-order valence-electron chi connectivity index (χ2n) is 5.80. The van der Waals surface area contributed by atoms with Gasteiger partial charge in [-0.25, -0.2) is 9.67 Å². The van der Waals surface area contributed by atoms with Crippen molar-refractivity contribution in [3.63, 3.8) is 0 Å². The molecule has 1 aromatic carbocycles. The first-order valence-corrected chi connectivity index (χ1v) is 8.14. The molecule has 2 aromatic rings. The molecule has 1 amide bonds. The standard InChI is InChI=1S/C17H22N4O2/c1-2-9-23-16-7-3-5-14(10-16)17(22)20-8-4-6-15(11-20)21-13-18-12-19-21/h3,5,7,10,12-13,15H,2,4,6,8-9,11H2,1H3/t15-/m1/s1. The highest BCUT2D eigenvalue weighted by Gasteiger charge is 2.26. The van der Waals surface area contributed by atoms with Crippen LogP contribution >= 0.6 is 0 Å². The molecule has 122 valence electrons. The van der Waals surface area contributed by atoms with Gasteiger partial charge in [-0.3, -0.25) is 4.79 Å². The number of hydrogen-bond acceptors (Lipinski definition) is 4. The van der Waals surface area contributed by atoms with Crippen LogP contribution in [-0.2, 0) is 0 Å². The molecule has 0 spiro atoms. The summed E-state index contributed by atoms with van der Waals surface area (Å²) >= 11 is 0. The van der Waals surface area contributed by atoms with Gasteiger partial charge in [-0.15, -0.1) is 0 Å². The van der Waals surface area contributed by atoms with Gasteiger partial charge >= 0.3 is 0 Å². The van der Waals surface area contributed by atoms with Crippen LogP contribution in [0.1, 0.15) is 42.6 Å². The maximum Gasteiger partial charge on any atom is 0.254 e. The predicted molar refractivity (Wildman–Crippen MR) is 86.4 cm³/mol. The molecule has 0 N–H and O–H groups in total. The van der Waals surface area contributed by atoms with Gasteiger partial charge in [0.15, 0.2) is 0 Å². The zero-order chi connectivity index (χ0) is 16.1. The monoisotopic (exact) mass is 314 g/mol. The van der Waals surface area contributed by atoms with Crippen LogP contribution < -0.4 is 4.74 Å². The van der Waals surface area contributed by atoms with Crippen molar-refractivity contribution in [3.8, 4) is 5.75 Å². The van der Waals surface area contributed by atoms with Crippen LogP contribution in [0.25, 0.3) is 0 Å². The lowest BCUT2D eigenvalue weighted by atomic mass is 10.0. The Kier molecular flexibility index (Phi) is 4.90. The van der Waals surface area contributed by atoms with E-state index in [1.54, 1.807) is 6.33 Å². The number of amides is 1. The average molecular weight is 314 g/mol. The summed E-state index contributed by atoms with van der Waals surface area (Å²) in [6, 6.07) is 7.64. The Morgan fingerprint density at radius 2 is 2.35 bits per heavy atom. The molecule has 1 aromatic heterocycles. The van der Waals surface area contributed by atoms with E-state index in [1.807, 2.05) is 33.8 Å². The third-order valence-electron chi connectivity index (χ3n) is 4.05. The summed E-state index contributed by atoms with van der Waals surface area (Å²) in [4.78, 5) is 18.7.